The lowest BCUT2D eigenvalue weighted by molar-refractivity contribution is -0.111. The summed E-state index contributed by atoms with van der Waals surface area (Å²) >= 11 is 3.21. The van der Waals surface area contributed by atoms with Crippen LogP contribution in [0, 0.1) is 12.3 Å². The van der Waals surface area contributed by atoms with Gasteiger partial charge in [-0.05, 0) is 34.0 Å². The second kappa shape index (κ2) is 3.88. The molecular formula is C8H5BrN2O. The lowest BCUT2D eigenvalue weighted by atomic mass is 10.4. The normalized spacial score (nSPS) is 8.67. The van der Waals surface area contributed by atoms with E-state index in [2.05, 4.69) is 26.2 Å². The molecule has 1 aromatic rings. The van der Waals surface area contributed by atoms with Crippen molar-refractivity contribution < 1.29 is 4.79 Å². The number of nitrogens with zero attached hydrogens (tertiary/aromatic N) is 1. The zero-order valence-electron chi connectivity index (χ0n) is 6.04. The van der Waals surface area contributed by atoms with Crippen molar-refractivity contribution in [1.29, 1.82) is 0 Å². The predicted octanol–water partition coefficient (Wildman–Crippen LogP) is 1.42. The number of amides is 1. The molecule has 1 rings (SSSR count). The maximum absolute atomic E-state index is 10.7. The van der Waals surface area contributed by atoms with Gasteiger partial charge in [0.15, 0.2) is 0 Å². The largest absolute Gasteiger partial charge is 0.301 e. The number of carbonyl (C=O) groups excluding carboxylic acids is 1. The maximum Gasteiger partial charge on any atom is 0.301 e. The fraction of sp³-hybridized carbons (Fsp3) is 0. The van der Waals surface area contributed by atoms with Crippen molar-refractivity contribution in [2.75, 3.05) is 5.32 Å². The summed E-state index contributed by atoms with van der Waals surface area (Å²) < 4.78 is 0.702. The van der Waals surface area contributed by atoms with Gasteiger partial charge in [-0.25, -0.2) is 4.98 Å². The number of hydrogen-bond donors (Lipinski definition) is 1. The molecule has 12 heavy (non-hydrogen) atoms. The quantitative estimate of drug-likeness (QED) is 0.734. The number of halogens is 1. The lowest BCUT2D eigenvalue weighted by Crippen LogP contribution is -2.09. The Morgan fingerprint density at radius 3 is 3.08 bits per heavy atom. The van der Waals surface area contributed by atoms with E-state index in [4.69, 9.17) is 6.42 Å². The first-order valence-corrected chi connectivity index (χ1v) is 3.91. The van der Waals surface area contributed by atoms with Gasteiger partial charge in [-0.1, -0.05) is 0 Å². The Balaban J connectivity index is 2.84. The van der Waals surface area contributed by atoms with E-state index in [-0.39, 0.29) is 0 Å². The number of nitrogens with one attached hydrogen (secondary N) is 1. The van der Waals surface area contributed by atoms with Gasteiger partial charge in [0.1, 0.15) is 5.82 Å². The van der Waals surface area contributed by atoms with Crippen molar-refractivity contribution in [3.8, 4) is 12.3 Å². The summed E-state index contributed by atoms with van der Waals surface area (Å²) in [6.45, 7) is 0. The average Bonchev–Trinajstić information content (AvgIpc) is 2.09. The molecule has 1 heterocycles. The van der Waals surface area contributed by atoms with Crippen LogP contribution in [0.5, 0.6) is 0 Å². The molecule has 3 nitrogen and oxygen atoms in total. The highest BCUT2D eigenvalue weighted by molar-refractivity contribution is 9.10. The van der Waals surface area contributed by atoms with Gasteiger partial charge in [-0.3, -0.25) is 10.1 Å². The standard InChI is InChI=1S/C8H5BrN2O/c1-2-7(12)11-8-6(9)4-3-5-10-8/h1,3-5H,(H,10,11,12). The van der Waals surface area contributed by atoms with E-state index in [0.29, 0.717) is 10.3 Å². The molecular weight excluding hydrogens is 220 g/mol. The monoisotopic (exact) mass is 224 g/mol. The Hall–Kier alpha value is -1.34. The summed E-state index contributed by atoms with van der Waals surface area (Å²) in [5, 5.41) is 2.43. The fourth-order valence-corrected chi connectivity index (χ4v) is 0.975. The van der Waals surface area contributed by atoms with Crippen LogP contribution < -0.4 is 5.32 Å². The third-order valence-electron chi connectivity index (χ3n) is 1.12. The highest BCUT2D eigenvalue weighted by Gasteiger charge is 2.01. The molecule has 0 spiro atoms. The van der Waals surface area contributed by atoms with E-state index in [1.807, 2.05) is 5.92 Å². The van der Waals surface area contributed by atoms with Crippen LogP contribution in [-0.4, -0.2) is 10.9 Å². The summed E-state index contributed by atoms with van der Waals surface area (Å²) in [7, 11) is 0. The van der Waals surface area contributed by atoms with E-state index >= 15 is 0 Å². The average molecular weight is 225 g/mol. The number of anilines is 1. The number of rotatable bonds is 1. The summed E-state index contributed by atoms with van der Waals surface area (Å²) in [6.07, 6.45) is 6.43. The maximum atomic E-state index is 10.7. The molecule has 0 unspecified atom stereocenters. The van der Waals surface area contributed by atoms with Crippen molar-refractivity contribution >= 4 is 27.7 Å². The Morgan fingerprint density at radius 1 is 1.75 bits per heavy atom. The molecule has 0 aliphatic heterocycles. The molecule has 0 bridgehead atoms. The smallest absolute Gasteiger partial charge is 0.299 e. The van der Waals surface area contributed by atoms with Gasteiger partial charge < -0.3 is 0 Å². The number of terminal acetylenes is 1. The van der Waals surface area contributed by atoms with Crippen LogP contribution in [0.4, 0.5) is 5.82 Å². The van der Waals surface area contributed by atoms with Crippen molar-refractivity contribution in [2.24, 2.45) is 0 Å². The van der Waals surface area contributed by atoms with Crippen LogP contribution in [-0.2, 0) is 4.79 Å². The van der Waals surface area contributed by atoms with Crippen LogP contribution in [0.3, 0.4) is 0 Å². The van der Waals surface area contributed by atoms with Crippen LogP contribution in [0.1, 0.15) is 0 Å². The molecule has 0 saturated carbocycles. The topological polar surface area (TPSA) is 42.0 Å². The Kier molecular flexibility index (Phi) is 2.83. The number of hydrogen-bond acceptors (Lipinski definition) is 2. The zero-order chi connectivity index (χ0) is 8.97. The molecule has 0 radical (unpaired) electrons. The predicted molar refractivity (Wildman–Crippen MR) is 49.4 cm³/mol. The van der Waals surface area contributed by atoms with E-state index in [1.54, 1.807) is 18.3 Å². The minimum Gasteiger partial charge on any atom is -0.299 e. The SMILES string of the molecule is C#CC(=O)Nc1ncccc1Br. The molecule has 0 saturated heterocycles. The fourth-order valence-electron chi connectivity index (χ4n) is 0.621. The minimum atomic E-state index is -0.505. The van der Waals surface area contributed by atoms with E-state index in [0.717, 1.165) is 0 Å². The first kappa shape index (κ1) is 8.75. The zero-order valence-corrected chi connectivity index (χ0v) is 7.63. The second-order valence-corrected chi connectivity index (χ2v) is 2.79. The third-order valence-corrected chi connectivity index (χ3v) is 1.76. The molecule has 60 valence electrons. The van der Waals surface area contributed by atoms with Gasteiger partial charge in [0.05, 0.1) is 4.47 Å². The van der Waals surface area contributed by atoms with E-state index < -0.39 is 5.91 Å². The molecule has 4 heteroatoms. The molecule has 0 fully saturated rings. The molecule has 1 aromatic heterocycles. The Labute approximate surface area is 78.3 Å². The first-order valence-electron chi connectivity index (χ1n) is 3.12. The van der Waals surface area contributed by atoms with Crippen LogP contribution in [0.15, 0.2) is 22.8 Å². The van der Waals surface area contributed by atoms with Gasteiger partial charge in [-0.2, -0.15) is 0 Å². The Morgan fingerprint density at radius 2 is 2.50 bits per heavy atom. The first-order chi connectivity index (χ1) is 5.74. The van der Waals surface area contributed by atoms with Crippen molar-refractivity contribution in [1.82, 2.24) is 4.98 Å². The van der Waals surface area contributed by atoms with E-state index in [9.17, 15) is 4.79 Å². The molecule has 0 atom stereocenters. The highest BCUT2D eigenvalue weighted by atomic mass is 79.9. The lowest BCUT2D eigenvalue weighted by Gasteiger charge is -2.00. The van der Waals surface area contributed by atoms with Gasteiger partial charge in [-0.15, -0.1) is 6.42 Å². The number of pyridine rings is 1. The number of aromatic nitrogens is 1. The van der Waals surface area contributed by atoms with Crippen molar-refractivity contribution in [3.63, 3.8) is 0 Å². The highest BCUT2D eigenvalue weighted by Crippen LogP contribution is 2.17. The summed E-state index contributed by atoms with van der Waals surface area (Å²) in [6, 6.07) is 3.51. The molecule has 1 N–H and O–H groups in total. The molecule has 0 aliphatic carbocycles. The second-order valence-electron chi connectivity index (χ2n) is 1.93. The van der Waals surface area contributed by atoms with Crippen molar-refractivity contribution in [3.05, 3.63) is 22.8 Å². The van der Waals surface area contributed by atoms with Gasteiger partial charge in [0.25, 0.3) is 0 Å². The molecule has 1 amide bonds. The number of carbonyl (C=O) groups is 1. The van der Waals surface area contributed by atoms with Crippen molar-refractivity contribution in [2.45, 2.75) is 0 Å². The third kappa shape index (κ3) is 2.07. The van der Waals surface area contributed by atoms with Crippen LogP contribution >= 0.6 is 15.9 Å². The van der Waals surface area contributed by atoms with Gasteiger partial charge in [0, 0.05) is 6.20 Å². The van der Waals surface area contributed by atoms with Crippen LogP contribution in [0.25, 0.3) is 0 Å². The summed E-state index contributed by atoms with van der Waals surface area (Å²) in [5.41, 5.74) is 0. The molecule has 0 aliphatic rings. The molecule has 0 aromatic carbocycles. The summed E-state index contributed by atoms with van der Waals surface area (Å²) in [4.78, 5) is 14.6. The van der Waals surface area contributed by atoms with Gasteiger partial charge in [0.2, 0.25) is 0 Å². The van der Waals surface area contributed by atoms with Crippen LogP contribution in [0.2, 0.25) is 0 Å². The van der Waals surface area contributed by atoms with Gasteiger partial charge >= 0.3 is 5.91 Å². The Bertz CT molecular complexity index is 343. The summed E-state index contributed by atoms with van der Waals surface area (Å²) in [5.74, 6) is 1.86. The minimum absolute atomic E-state index is 0.431. The van der Waals surface area contributed by atoms with E-state index in [1.165, 1.54) is 0 Å².